The number of ether oxygens (including phenoxy) is 4. The summed E-state index contributed by atoms with van der Waals surface area (Å²) in [6.07, 6.45) is 8.25. The molecule has 0 radical (unpaired) electrons. The zero-order chi connectivity index (χ0) is 58.9. The molecule has 426 valence electrons. The maximum absolute atomic E-state index is 12.2. The van der Waals surface area contributed by atoms with Crippen LogP contribution in [-0.4, -0.2) is 187 Å². The monoisotopic (exact) mass is 1140 g/mol. The fourth-order valence-electron chi connectivity index (χ4n) is 9.45. The highest BCUT2D eigenvalue weighted by molar-refractivity contribution is 7.85. The van der Waals surface area contributed by atoms with Crippen LogP contribution >= 0.6 is 0 Å². The minimum Gasteiger partial charge on any atom is -0.748 e. The lowest BCUT2D eigenvalue weighted by atomic mass is 9.45. The first-order valence-electron chi connectivity index (χ1n) is 26.4. The Bertz CT molecular complexity index is 3560. The van der Waals surface area contributed by atoms with Crippen molar-refractivity contribution in [2.24, 2.45) is 0 Å². The fraction of sp³-hybridized carbons (Fsp3) is 0.355. The van der Waals surface area contributed by atoms with Gasteiger partial charge in [-0.15, -0.1) is 11.8 Å². The molecule has 2 aliphatic heterocycles. The van der Waals surface area contributed by atoms with E-state index in [-0.39, 0.29) is 31.6 Å². The highest BCUT2D eigenvalue weighted by Gasteiger charge is 2.51. The van der Waals surface area contributed by atoms with Crippen LogP contribution < -0.4 is 0 Å². The van der Waals surface area contributed by atoms with Crippen molar-refractivity contribution in [3.8, 4) is 47.2 Å². The minimum atomic E-state index is -4.28. The van der Waals surface area contributed by atoms with E-state index in [4.69, 9.17) is 18.9 Å². The van der Waals surface area contributed by atoms with E-state index >= 15 is 0 Å². The summed E-state index contributed by atoms with van der Waals surface area (Å²) in [4.78, 5) is 12.2. The molecule has 3 aromatic carbocycles. The Morgan fingerprint density at radius 2 is 1.16 bits per heavy atom. The number of hydrogen-bond acceptors (Lipinski definition) is 11. The number of methoxy groups -OCH3 is 2. The van der Waals surface area contributed by atoms with Gasteiger partial charge in [-0.1, -0.05) is 54.3 Å². The Hall–Kier alpha value is -7.08. The molecule has 81 heavy (non-hydrogen) atoms. The molecule has 0 unspecified atom stereocenters. The summed E-state index contributed by atoms with van der Waals surface area (Å²) in [5, 5.41) is 9.98. The zero-order valence-corrected chi connectivity index (χ0v) is 49.0. The second-order valence-corrected chi connectivity index (χ2v) is 24.1. The molecule has 0 amide bonds. The molecule has 1 aromatic heterocycles. The van der Waals surface area contributed by atoms with E-state index in [1.807, 2.05) is 127 Å². The number of carboxylic acid groups (broad SMARTS) is 1. The van der Waals surface area contributed by atoms with E-state index in [1.165, 1.54) is 0 Å². The third-order valence-corrected chi connectivity index (χ3v) is 15.1. The summed E-state index contributed by atoms with van der Waals surface area (Å²) in [5.41, 5.74) is 10.3. The van der Waals surface area contributed by atoms with Gasteiger partial charge in [0.05, 0.1) is 99.1 Å². The molecule has 0 spiro atoms. The second-order valence-electron chi connectivity index (χ2n) is 21.1. The molecular weight excluding hydrogens is 1070 g/mol. The van der Waals surface area contributed by atoms with Gasteiger partial charge >= 0.3 is 12.4 Å². The summed E-state index contributed by atoms with van der Waals surface area (Å²) in [6.45, 7) is 7.62. The Balaban J connectivity index is 1.49. The van der Waals surface area contributed by atoms with Gasteiger partial charge < -0.3 is 51.1 Å². The first kappa shape index (κ1) is 63.1. The normalized spacial score (nSPS) is 14.1. The number of hydrogen-bond donors (Lipinski definition) is 1. The topological polar surface area (TPSA) is 197 Å². The Kier molecular flexibility index (Phi) is 22.3. The molecule has 0 bridgehead atoms. The van der Waals surface area contributed by atoms with Crippen LogP contribution in [-0.2, 0) is 39.2 Å². The number of benzene rings is 3. The number of carboxylic acids is 1. The van der Waals surface area contributed by atoms with E-state index < -0.39 is 44.1 Å². The number of quaternary nitrogens is 2. The average Bonchev–Trinajstić information content (AvgIpc) is 4.18. The summed E-state index contributed by atoms with van der Waals surface area (Å²) in [7, 11) is 2.44. The molecule has 4 aromatic rings. The van der Waals surface area contributed by atoms with Crippen LogP contribution in [0.15, 0.2) is 102 Å². The number of aromatic nitrogens is 1. The fourth-order valence-corrected chi connectivity index (χ4v) is 10.4. The van der Waals surface area contributed by atoms with Crippen molar-refractivity contribution < 1.29 is 68.2 Å². The standard InChI is InChI=1S/C62H71BN4O12S2/c1-49-47-57(31-25-53-21-17-51(18-22-53)15-9-35-66(3,4)37-13-45-80(70,71)72)64-60(49)59(55-27-29-56(30-28-55)62(68)69)61-50(2)48-58(65(61)63(64,33-11-39-78-43-41-76-7)34-12-40-79-44-42-77-8)32-26-54-23-19-52(20-24-54)16-10-36-67(5,6)38-14-46-81(73,74)75/h17-32,47-48H,13-14,35-46H2,1-8H3,(H-2,68,69,70,71,72,73,74,75)/b31-25+,32-26+. The SMILES string of the molecule is COCCOCC#C[B-]1(C#CCOCCOC)n2c(/C=C/c3ccc(C#CC[N+](C)(C)CCCS(=O)(=O)[O-])cc3)cc(C)c2C(c2ccc(C(=O)O)cc2)=C2C(C)=CC(/C=C/c3ccc(C#CC[N+](C)(C)CCCS(=O)(=O)[O-])cc3)=[N+]21. The second kappa shape index (κ2) is 28.6. The van der Waals surface area contributed by atoms with Crippen molar-refractivity contribution in [3.05, 3.63) is 153 Å². The predicted octanol–water partition coefficient (Wildman–Crippen LogP) is 5.99. The molecule has 19 heteroatoms. The van der Waals surface area contributed by atoms with Gasteiger partial charge in [0, 0.05) is 78.8 Å². The van der Waals surface area contributed by atoms with Crippen molar-refractivity contribution in [3.63, 3.8) is 0 Å². The summed E-state index contributed by atoms with van der Waals surface area (Å²) >= 11 is 0. The van der Waals surface area contributed by atoms with E-state index in [0.717, 1.165) is 67.3 Å². The molecular formula is C62H71BN4O12S2. The van der Waals surface area contributed by atoms with Gasteiger partial charge in [0.2, 0.25) is 0 Å². The number of rotatable bonds is 24. The Labute approximate surface area is 478 Å². The van der Waals surface area contributed by atoms with E-state index in [9.17, 15) is 35.8 Å². The van der Waals surface area contributed by atoms with Gasteiger partial charge in [-0.05, 0) is 103 Å². The molecule has 6 rings (SSSR count). The molecule has 2 aliphatic rings. The van der Waals surface area contributed by atoms with Crippen LogP contribution in [0.3, 0.4) is 0 Å². The van der Waals surface area contributed by atoms with Crippen molar-refractivity contribution in [2.75, 3.05) is 120 Å². The number of aryl methyl sites for hydroxylation is 1. The van der Waals surface area contributed by atoms with Crippen molar-refractivity contribution in [1.29, 1.82) is 0 Å². The maximum atomic E-state index is 12.2. The van der Waals surface area contributed by atoms with Crippen molar-refractivity contribution in [2.45, 2.75) is 26.7 Å². The maximum Gasteiger partial charge on any atom is 0.520 e. The molecule has 0 aliphatic carbocycles. The Morgan fingerprint density at radius 1 is 0.679 bits per heavy atom. The van der Waals surface area contributed by atoms with Crippen LogP contribution in [0.1, 0.15) is 74.9 Å². The van der Waals surface area contributed by atoms with Crippen LogP contribution in [0.25, 0.3) is 23.8 Å². The van der Waals surface area contributed by atoms with E-state index in [1.54, 1.807) is 26.4 Å². The Morgan fingerprint density at radius 3 is 1.62 bits per heavy atom. The zero-order valence-electron chi connectivity index (χ0n) is 47.4. The van der Waals surface area contributed by atoms with Gasteiger partial charge in [0.1, 0.15) is 26.3 Å². The van der Waals surface area contributed by atoms with Crippen molar-refractivity contribution in [1.82, 2.24) is 4.48 Å². The molecule has 1 N–H and O–H groups in total. The lowest BCUT2D eigenvalue weighted by Gasteiger charge is -2.39. The van der Waals surface area contributed by atoms with Gasteiger partial charge in [0.15, 0.2) is 11.4 Å². The molecule has 0 saturated carbocycles. The highest BCUT2D eigenvalue weighted by Crippen LogP contribution is 2.44. The lowest BCUT2D eigenvalue weighted by Crippen LogP contribution is -2.57. The van der Waals surface area contributed by atoms with Gasteiger partial charge in [-0.2, -0.15) is 11.6 Å². The smallest absolute Gasteiger partial charge is 0.520 e. The summed E-state index contributed by atoms with van der Waals surface area (Å²) in [6, 6.07) is 24.7. The van der Waals surface area contributed by atoms with Crippen LogP contribution in [0, 0.1) is 54.1 Å². The van der Waals surface area contributed by atoms with Gasteiger partial charge in [-0.3, -0.25) is 0 Å². The van der Waals surface area contributed by atoms with Crippen LogP contribution in [0.5, 0.6) is 0 Å². The predicted molar refractivity (Wildman–Crippen MR) is 316 cm³/mol. The number of carbonyl (C=O) groups is 1. The van der Waals surface area contributed by atoms with Gasteiger partial charge in [-0.25, -0.2) is 21.6 Å². The first-order chi connectivity index (χ1) is 38.4. The van der Waals surface area contributed by atoms with Gasteiger partial charge in [0.25, 0.3) is 0 Å². The molecule has 0 fully saturated rings. The van der Waals surface area contributed by atoms with Crippen molar-refractivity contribution >= 4 is 62.1 Å². The number of fused-ring (bicyclic) bond motifs is 2. The third kappa shape index (κ3) is 18.5. The number of allylic oxidation sites excluding steroid dienone is 3. The minimum absolute atomic E-state index is 0.0859. The molecule has 0 saturated heterocycles. The molecule has 3 heterocycles. The van der Waals surface area contributed by atoms with E-state index in [0.29, 0.717) is 61.6 Å². The quantitative estimate of drug-likeness (QED) is 0.0283. The van der Waals surface area contributed by atoms with Crippen LogP contribution in [0.4, 0.5) is 0 Å². The van der Waals surface area contributed by atoms with Crippen LogP contribution in [0.2, 0.25) is 0 Å². The highest BCUT2D eigenvalue weighted by atomic mass is 32.2. The molecule has 0 atom stereocenters. The third-order valence-electron chi connectivity index (χ3n) is 13.5. The summed E-state index contributed by atoms with van der Waals surface area (Å²) < 4.78 is 94.6. The lowest BCUT2D eigenvalue weighted by molar-refractivity contribution is -0.883. The first-order valence-corrected chi connectivity index (χ1v) is 29.6. The van der Waals surface area contributed by atoms with E-state index in [2.05, 4.69) is 68.3 Å². The molecule has 16 nitrogen and oxygen atoms in total. The average molecular weight is 1140 g/mol. The number of aromatic carboxylic acids is 1. The summed E-state index contributed by atoms with van der Waals surface area (Å²) in [5.74, 6) is 25.1. The largest absolute Gasteiger partial charge is 0.748 e. The number of nitrogens with zero attached hydrogens (tertiary/aromatic N) is 4.